The molecule has 0 unspecified atom stereocenters. The molecule has 0 aliphatic rings. The normalized spacial score (nSPS) is 11.6. The lowest BCUT2D eigenvalue weighted by Crippen LogP contribution is -2.18. The number of ether oxygens (including phenoxy) is 1. The largest absolute Gasteiger partial charge is 0.409 e. The van der Waals surface area contributed by atoms with E-state index in [9.17, 15) is 0 Å². The van der Waals surface area contributed by atoms with E-state index in [1.54, 1.807) is 20.9 Å². The molecule has 2 aromatic heterocycles. The minimum absolute atomic E-state index is 0.0876. The molecule has 0 fully saturated rings. The van der Waals surface area contributed by atoms with Crippen LogP contribution in [0, 0.1) is 13.8 Å². The number of nitrogens with zero attached hydrogens (tertiary/aromatic N) is 6. The molecule has 0 radical (unpaired) electrons. The minimum atomic E-state index is -0.110. The second-order valence-corrected chi connectivity index (χ2v) is 3.88. The van der Waals surface area contributed by atoms with Gasteiger partial charge in [-0.05, 0) is 19.4 Å². The molecule has 100 valence electrons. The number of aromatic nitrogens is 5. The van der Waals surface area contributed by atoms with Crippen LogP contribution in [0.3, 0.4) is 0 Å². The van der Waals surface area contributed by atoms with Crippen LogP contribution < -0.4 is 10.5 Å². The van der Waals surface area contributed by atoms with E-state index in [0.29, 0.717) is 16.8 Å². The molecule has 2 rings (SSSR count). The van der Waals surface area contributed by atoms with Crippen LogP contribution in [0.5, 0.6) is 11.9 Å². The number of hydrogen-bond acceptors (Lipinski definition) is 7. The molecule has 2 aromatic rings. The van der Waals surface area contributed by atoms with Gasteiger partial charge in [-0.2, -0.15) is 10.1 Å². The number of hydrogen-bond donors (Lipinski definition) is 2. The summed E-state index contributed by atoms with van der Waals surface area (Å²) in [7, 11) is 1.70. The zero-order valence-corrected chi connectivity index (χ0v) is 10.7. The van der Waals surface area contributed by atoms with E-state index in [2.05, 4.69) is 25.4 Å². The number of amidine groups is 1. The molecule has 3 N–H and O–H groups in total. The fourth-order valence-electron chi connectivity index (χ4n) is 1.46. The van der Waals surface area contributed by atoms with E-state index in [4.69, 9.17) is 15.7 Å². The van der Waals surface area contributed by atoms with E-state index in [-0.39, 0.29) is 17.7 Å². The fraction of sp³-hybridized carbons (Fsp3) is 0.300. The van der Waals surface area contributed by atoms with E-state index < -0.39 is 0 Å². The van der Waals surface area contributed by atoms with E-state index in [1.165, 1.54) is 11.0 Å². The quantitative estimate of drug-likeness (QED) is 0.348. The Morgan fingerprint density at radius 2 is 2.16 bits per heavy atom. The molecular formula is C10H13N7O2. The maximum atomic E-state index is 8.82. The summed E-state index contributed by atoms with van der Waals surface area (Å²) in [6.07, 6.45) is 1.48. The van der Waals surface area contributed by atoms with Gasteiger partial charge in [0.25, 0.3) is 5.88 Å². The van der Waals surface area contributed by atoms with Crippen LogP contribution in [-0.2, 0) is 7.05 Å². The van der Waals surface area contributed by atoms with E-state index in [0.717, 1.165) is 0 Å². The average molecular weight is 263 g/mol. The third kappa shape index (κ3) is 2.44. The molecule has 0 aromatic carbocycles. The molecule has 0 spiro atoms. The van der Waals surface area contributed by atoms with Crippen molar-refractivity contribution in [2.45, 2.75) is 13.8 Å². The van der Waals surface area contributed by atoms with Gasteiger partial charge in [-0.25, -0.2) is 0 Å². The molecule has 0 aliphatic carbocycles. The van der Waals surface area contributed by atoms with Gasteiger partial charge < -0.3 is 15.7 Å². The van der Waals surface area contributed by atoms with Gasteiger partial charge in [0.15, 0.2) is 5.84 Å². The molecule has 0 bridgehead atoms. The van der Waals surface area contributed by atoms with Crippen LogP contribution in [0.2, 0.25) is 0 Å². The Balaban J connectivity index is 2.48. The van der Waals surface area contributed by atoms with Crippen molar-refractivity contribution in [3.05, 3.63) is 23.1 Å². The van der Waals surface area contributed by atoms with Crippen molar-refractivity contribution in [2.75, 3.05) is 0 Å². The van der Waals surface area contributed by atoms with Gasteiger partial charge in [-0.1, -0.05) is 5.16 Å². The first kappa shape index (κ1) is 12.7. The van der Waals surface area contributed by atoms with Crippen molar-refractivity contribution in [3.8, 4) is 11.9 Å². The molecule has 0 saturated heterocycles. The number of nitrogens with two attached hydrogens (primary N) is 1. The predicted octanol–water partition coefficient (Wildman–Crippen LogP) is 0.109. The summed E-state index contributed by atoms with van der Waals surface area (Å²) in [5, 5.41) is 23.6. The molecule has 0 saturated carbocycles. The van der Waals surface area contributed by atoms with Crippen molar-refractivity contribution >= 4 is 5.84 Å². The number of aryl methyl sites for hydroxylation is 2. The third-order valence-electron chi connectivity index (χ3n) is 2.55. The summed E-state index contributed by atoms with van der Waals surface area (Å²) in [6.45, 7) is 3.54. The highest BCUT2D eigenvalue weighted by molar-refractivity contribution is 6.00. The average Bonchev–Trinajstić information content (AvgIpc) is 2.79. The van der Waals surface area contributed by atoms with Gasteiger partial charge in [0, 0.05) is 7.05 Å². The van der Waals surface area contributed by atoms with Crippen LogP contribution in [0.1, 0.15) is 16.8 Å². The van der Waals surface area contributed by atoms with Gasteiger partial charge >= 0.3 is 6.01 Å². The molecule has 0 aliphatic heterocycles. The Morgan fingerprint density at radius 1 is 1.42 bits per heavy atom. The molecule has 0 atom stereocenters. The zero-order chi connectivity index (χ0) is 14.0. The molecule has 2 heterocycles. The van der Waals surface area contributed by atoms with Gasteiger partial charge in [-0.15, -0.1) is 10.2 Å². The molecule has 9 heteroatoms. The Bertz CT molecular complexity index is 635. The summed E-state index contributed by atoms with van der Waals surface area (Å²) in [5.41, 5.74) is 7.35. The maximum Gasteiger partial charge on any atom is 0.342 e. The second-order valence-electron chi connectivity index (χ2n) is 3.88. The number of oxime groups is 1. The van der Waals surface area contributed by atoms with Crippen LogP contribution in [-0.4, -0.2) is 36.0 Å². The summed E-state index contributed by atoms with van der Waals surface area (Å²) in [5.74, 6) is -0.0222. The Labute approximate surface area is 108 Å². The molecule has 0 amide bonds. The summed E-state index contributed by atoms with van der Waals surface area (Å²) < 4.78 is 6.88. The minimum Gasteiger partial charge on any atom is -0.409 e. The van der Waals surface area contributed by atoms with Crippen LogP contribution in [0.15, 0.2) is 11.5 Å². The van der Waals surface area contributed by atoms with E-state index in [1.807, 2.05) is 0 Å². The summed E-state index contributed by atoms with van der Waals surface area (Å²) in [4.78, 5) is 3.91. The van der Waals surface area contributed by atoms with E-state index >= 15 is 0 Å². The predicted molar refractivity (Wildman–Crippen MR) is 65.1 cm³/mol. The highest BCUT2D eigenvalue weighted by Crippen LogP contribution is 2.23. The van der Waals surface area contributed by atoms with Crippen molar-refractivity contribution in [1.82, 2.24) is 25.0 Å². The SMILES string of the molecule is Cc1nnc(Oc2ncn(C)n2)c(C(N)=NO)c1C. The Morgan fingerprint density at radius 3 is 2.74 bits per heavy atom. The van der Waals surface area contributed by atoms with Gasteiger partial charge in [0.1, 0.15) is 6.33 Å². The highest BCUT2D eigenvalue weighted by atomic mass is 16.5. The van der Waals surface area contributed by atoms with Crippen molar-refractivity contribution < 1.29 is 9.94 Å². The second kappa shape index (κ2) is 4.88. The smallest absolute Gasteiger partial charge is 0.342 e. The molecular weight excluding hydrogens is 250 g/mol. The topological polar surface area (TPSA) is 124 Å². The first-order chi connectivity index (χ1) is 9.02. The lowest BCUT2D eigenvalue weighted by Gasteiger charge is -2.10. The Kier molecular flexibility index (Phi) is 3.27. The molecule has 9 nitrogen and oxygen atoms in total. The van der Waals surface area contributed by atoms with Crippen LogP contribution in [0.25, 0.3) is 0 Å². The van der Waals surface area contributed by atoms with Crippen molar-refractivity contribution in [2.24, 2.45) is 17.9 Å². The highest BCUT2D eigenvalue weighted by Gasteiger charge is 2.18. The maximum absolute atomic E-state index is 8.82. The molecule has 19 heavy (non-hydrogen) atoms. The van der Waals surface area contributed by atoms with Crippen LogP contribution in [0.4, 0.5) is 0 Å². The monoisotopic (exact) mass is 263 g/mol. The first-order valence-corrected chi connectivity index (χ1v) is 5.38. The first-order valence-electron chi connectivity index (χ1n) is 5.38. The zero-order valence-electron chi connectivity index (χ0n) is 10.7. The van der Waals surface area contributed by atoms with Gasteiger partial charge in [0.2, 0.25) is 0 Å². The fourth-order valence-corrected chi connectivity index (χ4v) is 1.46. The summed E-state index contributed by atoms with van der Waals surface area (Å²) >= 11 is 0. The number of rotatable bonds is 3. The lowest BCUT2D eigenvalue weighted by molar-refractivity contribution is 0.318. The summed E-state index contributed by atoms with van der Waals surface area (Å²) in [6, 6.07) is 0.104. The third-order valence-corrected chi connectivity index (χ3v) is 2.55. The Hall–Kier alpha value is -2.71. The van der Waals surface area contributed by atoms with Gasteiger partial charge in [-0.3, -0.25) is 4.68 Å². The van der Waals surface area contributed by atoms with Crippen LogP contribution >= 0.6 is 0 Å². The van der Waals surface area contributed by atoms with Crippen molar-refractivity contribution in [3.63, 3.8) is 0 Å². The van der Waals surface area contributed by atoms with Gasteiger partial charge in [0.05, 0.1) is 11.3 Å². The lowest BCUT2D eigenvalue weighted by atomic mass is 10.1. The standard InChI is InChI=1S/C10H13N7O2/c1-5-6(2)13-14-9(7(5)8(11)16-18)19-10-12-4-17(3)15-10/h4,18H,1-3H3,(H2,11,16). The van der Waals surface area contributed by atoms with Crippen molar-refractivity contribution in [1.29, 1.82) is 0 Å².